The Balaban J connectivity index is 1.92. The van der Waals surface area contributed by atoms with Gasteiger partial charge in [0.2, 0.25) is 5.91 Å². The molecular formula is C12H16FN3O. The van der Waals surface area contributed by atoms with Crippen molar-refractivity contribution in [3.05, 3.63) is 24.0 Å². The van der Waals surface area contributed by atoms with Crippen LogP contribution in [-0.2, 0) is 4.79 Å². The number of nitrogen functional groups attached to an aromatic ring is 1. The number of hydrogen-bond donors (Lipinski definition) is 2. The third-order valence-corrected chi connectivity index (χ3v) is 2.90. The molecule has 2 rings (SSSR count). The fourth-order valence-corrected chi connectivity index (χ4v) is 1.93. The fraction of sp³-hybridized carbons (Fsp3) is 0.417. The summed E-state index contributed by atoms with van der Waals surface area (Å²) in [4.78, 5) is 13.6. The molecule has 0 aliphatic carbocycles. The van der Waals surface area contributed by atoms with Gasteiger partial charge in [-0.25, -0.2) is 4.39 Å². The van der Waals surface area contributed by atoms with Crippen molar-refractivity contribution >= 4 is 17.3 Å². The second kappa shape index (κ2) is 5.03. The maximum atomic E-state index is 13.0. The number of anilines is 2. The highest BCUT2D eigenvalue weighted by Crippen LogP contribution is 2.19. The van der Waals surface area contributed by atoms with Crippen molar-refractivity contribution in [2.45, 2.75) is 12.8 Å². The average Bonchev–Trinajstić information content (AvgIpc) is 2.83. The predicted molar refractivity (Wildman–Crippen MR) is 65.1 cm³/mol. The van der Waals surface area contributed by atoms with Gasteiger partial charge in [0.25, 0.3) is 0 Å². The van der Waals surface area contributed by atoms with Crippen LogP contribution in [0.3, 0.4) is 0 Å². The zero-order valence-corrected chi connectivity index (χ0v) is 9.58. The van der Waals surface area contributed by atoms with Gasteiger partial charge in [0.05, 0.1) is 17.9 Å². The fourth-order valence-electron chi connectivity index (χ4n) is 1.93. The number of benzene rings is 1. The summed E-state index contributed by atoms with van der Waals surface area (Å²) in [6, 6.07) is 4.08. The van der Waals surface area contributed by atoms with Gasteiger partial charge in [-0.1, -0.05) is 0 Å². The van der Waals surface area contributed by atoms with E-state index in [1.54, 1.807) is 0 Å². The summed E-state index contributed by atoms with van der Waals surface area (Å²) in [5.41, 5.74) is 6.59. The lowest BCUT2D eigenvalue weighted by Crippen LogP contribution is -2.33. The highest BCUT2D eigenvalue weighted by molar-refractivity contribution is 5.82. The number of amides is 1. The Hall–Kier alpha value is -1.78. The monoisotopic (exact) mass is 237 g/mol. The molecule has 1 aliphatic heterocycles. The van der Waals surface area contributed by atoms with Crippen molar-refractivity contribution in [1.82, 2.24) is 4.90 Å². The molecule has 0 unspecified atom stereocenters. The zero-order chi connectivity index (χ0) is 12.3. The van der Waals surface area contributed by atoms with Crippen molar-refractivity contribution in [2.75, 3.05) is 30.7 Å². The Morgan fingerprint density at radius 2 is 2.12 bits per heavy atom. The molecule has 4 nitrogen and oxygen atoms in total. The van der Waals surface area contributed by atoms with Gasteiger partial charge in [0.15, 0.2) is 0 Å². The van der Waals surface area contributed by atoms with E-state index in [2.05, 4.69) is 5.32 Å². The molecule has 1 aromatic carbocycles. The number of nitrogens with two attached hydrogens (primary N) is 1. The van der Waals surface area contributed by atoms with Gasteiger partial charge >= 0.3 is 0 Å². The van der Waals surface area contributed by atoms with Crippen LogP contribution in [0.15, 0.2) is 18.2 Å². The van der Waals surface area contributed by atoms with Crippen LogP contribution in [-0.4, -0.2) is 30.4 Å². The first-order valence-corrected chi connectivity index (χ1v) is 5.73. The number of rotatable bonds is 3. The first kappa shape index (κ1) is 11.7. The minimum Gasteiger partial charge on any atom is -0.397 e. The molecule has 1 amide bonds. The number of nitrogens with one attached hydrogen (secondary N) is 1. The molecular weight excluding hydrogens is 221 g/mol. The number of likely N-dealkylation sites (tertiary alicyclic amines) is 1. The lowest BCUT2D eigenvalue weighted by atomic mass is 10.2. The maximum absolute atomic E-state index is 13.0. The molecule has 0 radical (unpaired) electrons. The molecule has 1 aromatic rings. The molecule has 1 fully saturated rings. The second-order valence-electron chi connectivity index (χ2n) is 4.17. The molecule has 1 saturated heterocycles. The van der Waals surface area contributed by atoms with Gasteiger partial charge in [0.1, 0.15) is 5.82 Å². The van der Waals surface area contributed by atoms with E-state index < -0.39 is 0 Å². The topological polar surface area (TPSA) is 58.4 Å². The molecule has 0 atom stereocenters. The van der Waals surface area contributed by atoms with E-state index in [-0.39, 0.29) is 18.3 Å². The number of halogens is 1. The van der Waals surface area contributed by atoms with Gasteiger partial charge in [-0.3, -0.25) is 4.79 Å². The van der Waals surface area contributed by atoms with Crippen LogP contribution < -0.4 is 11.1 Å². The van der Waals surface area contributed by atoms with Crippen molar-refractivity contribution in [3.63, 3.8) is 0 Å². The van der Waals surface area contributed by atoms with Crippen molar-refractivity contribution < 1.29 is 9.18 Å². The summed E-state index contributed by atoms with van der Waals surface area (Å²) in [5, 5.41) is 2.87. The molecule has 0 aromatic heterocycles. The van der Waals surface area contributed by atoms with Gasteiger partial charge in [-0.15, -0.1) is 0 Å². The van der Waals surface area contributed by atoms with E-state index in [4.69, 9.17) is 5.73 Å². The van der Waals surface area contributed by atoms with E-state index in [0.29, 0.717) is 11.4 Å². The Kier molecular flexibility index (Phi) is 3.46. The van der Waals surface area contributed by atoms with E-state index in [9.17, 15) is 9.18 Å². The molecule has 92 valence electrons. The molecule has 3 N–H and O–H groups in total. The van der Waals surface area contributed by atoms with Crippen LogP contribution in [0, 0.1) is 5.82 Å². The lowest BCUT2D eigenvalue weighted by molar-refractivity contribution is -0.128. The van der Waals surface area contributed by atoms with Crippen molar-refractivity contribution in [2.24, 2.45) is 0 Å². The van der Waals surface area contributed by atoms with Crippen LogP contribution in [0.5, 0.6) is 0 Å². The van der Waals surface area contributed by atoms with E-state index in [1.807, 2.05) is 4.90 Å². The second-order valence-corrected chi connectivity index (χ2v) is 4.17. The van der Waals surface area contributed by atoms with E-state index >= 15 is 0 Å². The molecule has 0 spiro atoms. The molecule has 0 saturated carbocycles. The Labute approximate surface area is 99.6 Å². The molecule has 1 aliphatic rings. The number of carbonyl (C=O) groups excluding carboxylic acids is 1. The molecule has 0 bridgehead atoms. The molecule has 1 heterocycles. The van der Waals surface area contributed by atoms with E-state index in [1.165, 1.54) is 18.2 Å². The Bertz CT molecular complexity index is 416. The van der Waals surface area contributed by atoms with Gasteiger partial charge in [-0.2, -0.15) is 0 Å². The minimum absolute atomic E-state index is 0.0335. The van der Waals surface area contributed by atoms with Gasteiger partial charge in [0, 0.05) is 13.1 Å². The summed E-state index contributed by atoms with van der Waals surface area (Å²) in [6.07, 6.45) is 2.13. The SMILES string of the molecule is Nc1ccc(F)cc1NCC(=O)N1CCCC1. The van der Waals surface area contributed by atoms with Gasteiger partial charge < -0.3 is 16.0 Å². The van der Waals surface area contributed by atoms with Crippen LogP contribution in [0.25, 0.3) is 0 Å². The Morgan fingerprint density at radius 1 is 1.41 bits per heavy atom. The quantitative estimate of drug-likeness (QED) is 0.782. The molecule has 17 heavy (non-hydrogen) atoms. The third kappa shape index (κ3) is 2.87. The average molecular weight is 237 g/mol. The number of carbonyl (C=O) groups is 1. The summed E-state index contributed by atoms with van der Waals surface area (Å²) in [6.45, 7) is 1.80. The van der Waals surface area contributed by atoms with Crippen LogP contribution in [0.2, 0.25) is 0 Å². The smallest absolute Gasteiger partial charge is 0.241 e. The largest absolute Gasteiger partial charge is 0.397 e. The van der Waals surface area contributed by atoms with Crippen LogP contribution in [0.4, 0.5) is 15.8 Å². The predicted octanol–water partition coefficient (Wildman–Crippen LogP) is 1.44. The van der Waals surface area contributed by atoms with Crippen molar-refractivity contribution in [1.29, 1.82) is 0 Å². The van der Waals surface area contributed by atoms with Crippen LogP contribution in [0.1, 0.15) is 12.8 Å². The third-order valence-electron chi connectivity index (χ3n) is 2.90. The number of hydrogen-bond acceptors (Lipinski definition) is 3. The first-order chi connectivity index (χ1) is 8.16. The summed E-state index contributed by atoms with van der Waals surface area (Å²) >= 11 is 0. The van der Waals surface area contributed by atoms with E-state index in [0.717, 1.165) is 25.9 Å². The minimum atomic E-state index is -0.365. The first-order valence-electron chi connectivity index (χ1n) is 5.73. The van der Waals surface area contributed by atoms with Crippen LogP contribution >= 0.6 is 0 Å². The zero-order valence-electron chi connectivity index (χ0n) is 9.58. The van der Waals surface area contributed by atoms with Gasteiger partial charge in [-0.05, 0) is 31.0 Å². The standard InChI is InChI=1S/C12H16FN3O/c13-9-3-4-10(14)11(7-9)15-8-12(17)16-5-1-2-6-16/h3-4,7,15H,1-2,5-6,8,14H2. The maximum Gasteiger partial charge on any atom is 0.241 e. The Morgan fingerprint density at radius 3 is 2.82 bits per heavy atom. The normalized spacial score (nSPS) is 15.0. The highest BCUT2D eigenvalue weighted by Gasteiger charge is 2.17. The lowest BCUT2D eigenvalue weighted by Gasteiger charge is -2.16. The summed E-state index contributed by atoms with van der Waals surface area (Å²) in [5.74, 6) is -0.332. The number of nitrogens with zero attached hydrogens (tertiary/aromatic N) is 1. The highest BCUT2D eigenvalue weighted by atomic mass is 19.1. The summed E-state index contributed by atoms with van der Waals surface area (Å²) in [7, 11) is 0. The molecule has 5 heteroatoms. The summed E-state index contributed by atoms with van der Waals surface area (Å²) < 4.78 is 13.0. The van der Waals surface area contributed by atoms with Crippen molar-refractivity contribution in [3.8, 4) is 0 Å².